The molecule has 1 atom stereocenters. The van der Waals surface area contributed by atoms with Gasteiger partial charge in [-0.2, -0.15) is 5.10 Å². The molecule has 0 bridgehead atoms. The molecule has 0 amide bonds. The topological polar surface area (TPSA) is 48.3 Å². The summed E-state index contributed by atoms with van der Waals surface area (Å²) in [5.74, 6) is 0.868. The average molecular weight is 241 g/mol. The summed E-state index contributed by atoms with van der Waals surface area (Å²) in [6.45, 7) is 8.31. The van der Waals surface area contributed by atoms with Crippen LogP contribution in [0.4, 0.5) is 0 Å². The Bertz CT molecular complexity index is 350. The molecule has 1 N–H and O–H groups in total. The highest BCUT2D eigenvalue weighted by atomic mass is 16.5. The van der Waals surface area contributed by atoms with E-state index in [4.69, 9.17) is 9.47 Å². The van der Waals surface area contributed by atoms with Gasteiger partial charge in [0.2, 0.25) is 0 Å². The van der Waals surface area contributed by atoms with Crippen LogP contribution in [0.5, 0.6) is 5.75 Å². The fourth-order valence-corrected chi connectivity index (χ4v) is 1.72. The fraction of sp³-hybridized carbons (Fsp3) is 0.750. The van der Waals surface area contributed by atoms with E-state index in [1.54, 1.807) is 7.11 Å². The third-order valence-corrected chi connectivity index (χ3v) is 2.70. The van der Waals surface area contributed by atoms with Crippen molar-refractivity contribution < 1.29 is 9.47 Å². The highest BCUT2D eigenvalue weighted by molar-refractivity contribution is 5.32. The van der Waals surface area contributed by atoms with Crippen molar-refractivity contribution in [3.05, 3.63) is 11.4 Å². The van der Waals surface area contributed by atoms with Gasteiger partial charge in [-0.05, 0) is 20.4 Å². The van der Waals surface area contributed by atoms with Gasteiger partial charge < -0.3 is 14.8 Å². The number of nitrogens with one attached hydrogen (secondary N) is 1. The third kappa shape index (κ3) is 3.71. The first-order chi connectivity index (χ1) is 8.10. The lowest BCUT2D eigenvalue weighted by molar-refractivity contribution is 0.0800. The maximum atomic E-state index is 5.97. The second-order valence-corrected chi connectivity index (χ2v) is 4.13. The molecule has 5 heteroatoms. The van der Waals surface area contributed by atoms with Crippen LogP contribution in [0.2, 0.25) is 0 Å². The van der Waals surface area contributed by atoms with E-state index in [1.807, 2.05) is 25.6 Å². The number of aryl methyl sites for hydroxylation is 2. The number of likely N-dealkylation sites (N-methyl/N-ethyl adjacent to an activating group) is 1. The van der Waals surface area contributed by atoms with Gasteiger partial charge in [-0.15, -0.1) is 0 Å². The molecule has 0 aliphatic rings. The Balaban J connectivity index is 2.70. The second kappa shape index (κ2) is 6.61. The number of ether oxygens (including phenoxy) is 2. The van der Waals surface area contributed by atoms with Crippen LogP contribution < -0.4 is 10.1 Å². The molecular formula is C12H23N3O2. The van der Waals surface area contributed by atoms with Crippen LogP contribution in [-0.2, 0) is 11.8 Å². The first-order valence-electron chi connectivity index (χ1n) is 5.96. The van der Waals surface area contributed by atoms with E-state index in [0.29, 0.717) is 6.61 Å². The molecule has 0 spiro atoms. The van der Waals surface area contributed by atoms with Crippen molar-refractivity contribution >= 4 is 0 Å². The molecule has 0 saturated heterocycles. The summed E-state index contributed by atoms with van der Waals surface area (Å²) < 4.78 is 13.0. The summed E-state index contributed by atoms with van der Waals surface area (Å²) in [7, 11) is 3.61. The number of hydrogen-bond acceptors (Lipinski definition) is 4. The number of nitrogens with zero attached hydrogens (tertiary/aromatic N) is 2. The second-order valence-electron chi connectivity index (χ2n) is 4.13. The van der Waals surface area contributed by atoms with Crippen LogP contribution in [-0.4, -0.2) is 42.7 Å². The van der Waals surface area contributed by atoms with Gasteiger partial charge in [-0.25, -0.2) is 0 Å². The Labute approximate surface area is 103 Å². The smallest absolute Gasteiger partial charge is 0.163 e. The lowest BCUT2D eigenvalue weighted by Gasteiger charge is -2.18. The van der Waals surface area contributed by atoms with E-state index in [0.717, 1.165) is 30.2 Å². The number of methoxy groups -OCH3 is 1. The zero-order valence-electron chi connectivity index (χ0n) is 11.4. The van der Waals surface area contributed by atoms with Gasteiger partial charge in [0.05, 0.1) is 12.3 Å². The molecule has 1 aromatic rings. The van der Waals surface area contributed by atoms with E-state index in [-0.39, 0.29) is 6.10 Å². The summed E-state index contributed by atoms with van der Waals surface area (Å²) >= 11 is 0. The zero-order valence-corrected chi connectivity index (χ0v) is 11.4. The normalized spacial score (nSPS) is 12.8. The minimum absolute atomic E-state index is 0.0153. The number of hydrogen-bond donors (Lipinski definition) is 1. The summed E-state index contributed by atoms with van der Waals surface area (Å²) in [6.07, 6.45) is 0.0153. The molecule has 0 saturated carbocycles. The van der Waals surface area contributed by atoms with Gasteiger partial charge in [0, 0.05) is 20.7 Å². The van der Waals surface area contributed by atoms with E-state index in [1.165, 1.54) is 0 Å². The molecule has 0 aliphatic heterocycles. The predicted octanol–water partition coefficient (Wildman–Crippen LogP) is 1.04. The van der Waals surface area contributed by atoms with Gasteiger partial charge in [0.15, 0.2) is 5.75 Å². The predicted molar refractivity (Wildman–Crippen MR) is 67.5 cm³/mol. The molecule has 98 valence electrons. The van der Waals surface area contributed by atoms with Gasteiger partial charge in [-0.3, -0.25) is 4.68 Å². The fourth-order valence-electron chi connectivity index (χ4n) is 1.72. The van der Waals surface area contributed by atoms with Crippen LogP contribution in [0.25, 0.3) is 0 Å². The molecule has 5 nitrogen and oxygen atoms in total. The molecule has 1 rings (SSSR count). The van der Waals surface area contributed by atoms with E-state index in [2.05, 4.69) is 17.3 Å². The van der Waals surface area contributed by atoms with E-state index < -0.39 is 0 Å². The van der Waals surface area contributed by atoms with Crippen molar-refractivity contribution in [2.45, 2.75) is 26.9 Å². The van der Waals surface area contributed by atoms with Crippen molar-refractivity contribution in [3.8, 4) is 5.75 Å². The number of aromatic nitrogens is 2. The monoisotopic (exact) mass is 241 g/mol. The maximum absolute atomic E-state index is 5.97. The summed E-state index contributed by atoms with van der Waals surface area (Å²) in [5.41, 5.74) is 1.96. The molecule has 1 aromatic heterocycles. The van der Waals surface area contributed by atoms with E-state index >= 15 is 0 Å². The average Bonchev–Trinajstić information content (AvgIpc) is 2.53. The Morgan fingerprint density at radius 1 is 1.41 bits per heavy atom. The minimum atomic E-state index is 0.0153. The lowest BCUT2D eigenvalue weighted by atomic mass is 10.3. The van der Waals surface area contributed by atoms with Crippen molar-refractivity contribution in [3.63, 3.8) is 0 Å². The van der Waals surface area contributed by atoms with Crippen LogP contribution in [0, 0.1) is 13.8 Å². The highest BCUT2D eigenvalue weighted by Crippen LogP contribution is 2.22. The Morgan fingerprint density at radius 3 is 2.59 bits per heavy atom. The molecule has 1 heterocycles. The highest BCUT2D eigenvalue weighted by Gasteiger charge is 2.16. The summed E-state index contributed by atoms with van der Waals surface area (Å²) in [5, 5.41) is 7.60. The molecular weight excluding hydrogens is 218 g/mol. The van der Waals surface area contributed by atoms with Gasteiger partial charge in [0.1, 0.15) is 11.8 Å². The van der Waals surface area contributed by atoms with E-state index in [9.17, 15) is 0 Å². The SMILES string of the molecule is CCNCC(COC)Oc1c(C)nn(C)c1C. The van der Waals surface area contributed by atoms with Crippen molar-refractivity contribution in [2.75, 3.05) is 26.8 Å². The standard InChI is InChI=1S/C12H23N3O2/c1-6-13-7-11(8-16-5)17-12-9(2)14-15(4)10(12)3/h11,13H,6-8H2,1-5H3. The van der Waals surface area contributed by atoms with Crippen molar-refractivity contribution in [2.24, 2.45) is 7.05 Å². The van der Waals surface area contributed by atoms with Crippen LogP contribution >= 0.6 is 0 Å². The first kappa shape index (κ1) is 14.0. The Hall–Kier alpha value is -1.07. The van der Waals surface area contributed by atoms with Crippen molar-refractivity contribution in [1.29, 1.82) is 0 Å². The van der Waals surface area contributed by atoms with Crippen molar-refractivity contribution in [1.82, 2.24) is 15.1 Å². The first-order valence-corrected chi connectivity index (χ1v) is 5.96. The lowest BCUT2D eigenvalue weighted by Crippen LogP contribution is -2.35. The molecule has 0 aromatic carbocycles. The molecule has 0 aliphatic carbocycles. The minimum Gasteiger partial charge on any atom is -0.483 e. The van der Waals surface area contributed by atoms with Crippen LogP contribution in [0.3, 0.4) is 0 Å². The van der Waals surface area contributed by atoms with Gasteiger partial charge >= 0.3 is 0 Å². The van der Waals surface area contributed by atoms with Gasteiger partial charge in [-0.1, -0.05) is 6.92 Å². The van der Waals surface area contributed by atoms with Crippen LogP contribution in [0.15, 0.2) is 0 Å². The number of rotatable bonds is 7. The molecule has 1 unspecified atom stereocenters. The molecule has 0 fully saturated rings. The zero-order chi connectivity index (χ0) is 12.8. The third-order valence-electron chi connectivity index (χ3n) is 2.70. The molecule has 17 heavy (non-hydrogen) atoms. The van der Waals surface area contributed by atoms with Gasteiger partial charge in [0.25, 0.3) is 0 Å². The quantitative estimate of drug-likeness (QED) is 0.775. The summed E-state index contributed by atoms with van der Waals surface area (Å²) in [4.78, 5) is 0. The maximum Gasteiger partial charge on any atom is 0.163 e. The largest absolute Gasteiger partial charge is 0.483 e. The molecule has 0 radical (unpaired) electrons. The summed E-state index contributed by atoms with van der Waals surface area (Å²) in [6, 6.07) is 0. The van der Waals surface area contributed by atoms with Crippen LogP contribution in [0.1, 0.15) is 18.3 Å². The Morgan fingerprint density at radius 2 is 2.12 bits per heavy atom. The Kier molecular flexibility index (Phi) is 5.44.